The number of H-pyrrole nitrogens is 1. The molecule has 1 saturated heterocycles. The Morgan fingerprint density at radius 3 is 2.86 bits per heavy atom. The monoisotopic (exact) mass is 484 g/mol. The van der Waals surface area contributed by atoms with E-state index in [1.54, 1.807) is 11.8 Å². The first-order valence-electron chi connectivity index (χ1n) is 12.3. The van der Waals surface area contributed by atoms with Crippen molar-refractivity contribution in [3.05, 3.63) is 60.3 Å². The smallest absolute Gasteiger partial charge is 0.137 e. The minimum atomic E-state index is 0.579. The third-order valence-electron chi connectivity index (χ3n) is 7.81. The second kappa shape index (κ2) is 8.20. The van der Waals surface area contributed by atoms with Crippen molar-refractivity contribution in [3.63, 3.8) is 0 Å². The van der Waals surface area contributed by atoms with E-state index in [4.69, 9.17) is 4.98 Å². The van der Waals surface area contributed by atoms with Crippen LogP contribution in [0, 0.1) is 5.41 Å². The summed E-state index contributed by atoms with van der Waals surface area (Å²) in [5, 5.41) is 17.2. The predicted molar refractivity (Wildman–Crippen MR) is 137 cm³/mol. The van der Waals surface area contributed by atoms with E-state index in [-0.39, 0.29) is 0 Å². The summed E-state index contributed by atoms with van der Waals surface area (Å²) in [7, 11) is 0. The molecule has 8 nitrogen and oxygen atoms in total. The minimum Gasteiger partial charge on any atom is -0.306 e. The molecule has 178 valence electrons. The molecule has 2 fully saturated rings. The van der Waals surface area contributed by atoms with Crippen molar-refractivity contribution in [3.8, 4) is 11.3 Å². The molecule has 1 aliphatic heterocycles. The summed E-state index contributed by atoms with van der Waals surface area (Å²) in [4.78, 5) is 8.61. The average Bonchev–Trinajstić information content (AvgIpc) is 3.63. The summed E-state index contributed by atoms with van der Waals surface area (Å²) in [6.07, 6.45) is 15.9. The molecule has 2 aliphatic rings. The summed E-state index contributed by atoms with van der Waals surface area (Å²) in [6.45, 7) is 4.09. The molecule has 1 spiro atoms. The normalized spacial score (nSPS) is 17.6. The summed E-state index contributed by atoms with van der Waals surface area (Å²) >= 11 is 1.70. The lowest BCUT2D eigenvalue weighted by atomic mass is 9.68. The van der Waals surface area contributed by atoms with Crippen LogP contribution in [0.3, 0.4) is 0 Å². The van der Waals surface area contributed by atoms with Crippen molar-refractivity contribution in [1.29, 1.82) is 0 Å². The molecule has 0 amide bonds. The van der Waals surface area contributed by atoms with Crippen LogP contribution in [0.5, 0.6) is 0 Å². The average molecular weight is 485 g/mol. The van der Waals surface area contributed by atoms with Gasteiger partial charge in [0.2, 0.25) is 0 Å². The van der Waals surface area contributed by atoms with E-state index in [9.17, 15) is 0 Å². The van der Waals surface area contributed by atoms with Crippen molar-refractivity contribution >= 4 is 28.3 Å². The van der Waals surface area contributed by atoms with Gasteiger partial charge in [0.1, 0.15) is 11.3 Å². The molecule has 0 bridgehead atoms. The molecule has 1 N–H and O–H groups in total. The van der Waals surface area contributed by atoms with Crippen molar-refractivity contribution in [1.82, 2.24) is 39.5 Å². The number of pyridine rings is 1. The number of thioether (sulfide) groups is 1. The van der Waals surface area contributed by atoms with Gasteiger partial charge in [0, 0.05) is 41.3 Å². The summed E-state index contributed by atoms with van der Waals surface area (Å²) < 4.78 is 4.01. The Hall–Kier alpha value is -3.17. The van der Waals surface area contributed by atoms with E-state index in [1.165, 1.54) is 49.2 Å². The Kier molecular flexibility index (Phi) is 4.95. The number of imidazole rings is 1. The van der Waals surface area contributed by atoms with Gasteiger partial charge in [-0.1, -0.05) is 17.7 Å². The molecule has 4 aromatic heterocycles. The van der Waals surface area contributed by atoms with Gasteiger partial charge in [0.15, 0.2) is 0 Å². The van der Waals surface area contributed by atoms with Gasteiger partial charge < -0.3 is 4.40 Å². The molecule has 9 heteroatoms. The number of benzene rings is 1. The molecule has 5 aromatic rings. The number of fused-ring (bicyclic) bond motifs is 2. The topological polar surface area (TPSA) is 79.9 Å². The lowest BCUT2D eigenvalue weighted by molar-refractivity contribution is 0.137. The van der Waals surface area contributed by atoms with Crippen LogP contribution >= 0.6 is 11.8 Å². The van der Waals surface area contributed by atoms with Gasteiger partial charge in [-0.2, -0.15) is 5.10 Å². The molecule has 7 rings (SSSR count). The zero-order valence-corrected chi connectivity index (χ0v) is 20.6. The quantitative estimate of drug-likeness (QED) is 0.355. The molecule has 1 aromatic carbocycles. The first-order valence-corrected chi connectivity index (χ1v) is 13.5. The zero-order chi connectivity index (χ0) is 23.4. The first kappa shape index (κ1) is 21.1. The van der Waals surface area contributed by atoms with Crippen LogP contribution in [-0.2, 0) is 13.1 Å². The Morgan fingerprint density at radius 2 is 2.03 bits per heavy atom. The second-order valence-corrected chi connectivity index (χ2v) is 11.0. The Morgan fingerprint density at radius 1 is 1.09 bits per heavy atom. The maximum absolute atomic E-state index is 4.82. The van der Waals surface area contributed by atoms with E-state index < -0.39 is 0 Å². The van der Waals surface area contributed by atoms with Crippen LogP contribution in [0.4, 0.5) is 0 Å². The fraction of sp³-hybridized carbons (Fsp3) is 0.385. The molecular weight excluding hydrogens is 456 g/mol. The van der Waals surface area contributed by atoms with Crippen molar-refractivity contribution < 1.29 is 0 Å². The van der Waals surface area contributed by atoms with Crippen LogP contribution in [-0.4, -0.2) is 58.8 Å². The molecule has 5 heterocycles. The highest BCUT2D eigenvalue weighted by Crippen LogP contribution is 2.48. The van der Waals surface area contributed by atoms with E-state index in [0.717, 1.165) is 40.0 Å². The summed E-state index contributed by atoms with van der Waals surface area (Å²) in [5.74, 6) is 0. The highest BCUT2D eigenvalue weighted by Gasteiger charge is 2.42. The Labute approximate surface area is 207 Å². The number of nitrogens with one attached hydrogen (secondary N) is 1. The molecule has 1 aliphatic carbocycles. The number of aromatic amines is 1. The van der Waals surface area contributed by atoms with Crippen molar-refractivity contribution in [2.75, 3.05) is 19.3 Å². The standard InChI is InChI=1S/C26H28N8S/c1-35-20-9-21(22-11-27-29-23(22)10-20)24-16-34(31-30-24)15-19-14-33-13-18(3-4-25(33)28-19)12-32-8-7-26(17-32)5-2-6-26/h3-4,9-11,13-14,16H,2,5-8,12,15,17H2,1H3,(H,27,29). The maximum atomic E-state index is 4.82. The highest BCUT2D eigenvalue weighted by atomic mass is 32.2. The predicted octanol–water partition coefficient (Wildman–Crippen LogP) is 4.62. The van der Waals surface area contributed by atoms with Crippen molar-refractivity contribution in [2.45, 2.75) is 43.7 Å². The maximum Gasteiger partial charge on any atom is 0.137 e. The van der Waals surface area contributed by atoms with Crippen LogP contribution in [0.15, 0.2) is 53.9 Å². The molecule has 0 unspecified atom stereocenters. The molecule has 0 atom stereocenters. The third kappa shape index (κ3) is 3.83. The van der Waals surface area contributed by atoms with Gasteiger partial charge in [-0.15, -0.1) is 16.9 Å². The summed E-state index contributed by atoms with van der Waals surface area (Å²) in [5.41, 5.74) is 6.81. The number of hydrogen-bond acceptors (Lipinski definition) is 6. The number of likely N-dealkylation sites (tertiary alicyclic amines) is 1. The molecular formula is C26H28N8S. The first-order chi connectivity index (χ1) is 17.2. The van der Waals surface area contributed by atoms with Crippen LogP contribution in [0.25, 0.3) is 27.8 Å². The van der Waals surface area contributed by atoms with Crippen molar-refractivity contribution in [2.24, 2.45) is 5.41 Å². The Balaban J connectivity index is 1.10. The van der Waals surface area contributed by atoms with Gasteiger partial charge >= 0.3 is 0 Å². The fourth-order valence-corrected chi connectivity index (χ4v) is 6.26. The lowest BCUT2D eigenvalue weighted by Gasteiger charge is -2.38. The number of nitrogens with zero attached hydrogens (tertiary/aromatic N) is 7. The van der Waals surface area contributed by atoms with Gasteiger partial charge in [-0.05, 0) is 61.2 Å². The van der Waals surface area contributed by atoms with Gasteiger partial charge in [0.05, 0.1) is 30.1 Å². The van der Waals surface area contributed by atoms with E-state index in [2.05, 4.69) is 72.7 Å². The minimum absolute atomic E-state index is 0.579. The third-order valence-corrected chi connectivity index (χ3v) is 8.51. The SMILES string of the molecule is CSc1cc(-c2cn(Cc3cn4cc(CN5CCC6(CCC6)C5)ccc4n3)nn2)c2cn[nH]c2c1. The lowest BCUT2D eigenvalue weighted by Crippen LogP contribution is -2.32. The van der Waals surface area contributed by atoms with Gasteiger partial charge in [-0.25, -0.2) is 9.67 Å². The van der Waals surface area contributed by atoms with E-state index in [0.29, 0.717) is 12.0 Å². The number of rotatable bonds is 6. The molecule has 35 heavy (non-hydrogen) atoms. The fourth-order valence-electron chi connectivity index (χ4n) is 5.79. The number of hydrogen-bond donors (Lipinski definition) is 1. The van der Waals surface area contributed by atoms with E-state index in [1.807, 2.05) is 17.1 Å². The van der Waals surface area contributed by atoms with Gasteiger partial charge in [0.25, 0.3) is 0 Å². The Bertz CT molecular complexity index is 1520. The van der Waals surface area contributed by atoms with Crippen LogP contribution < -0.4 is 0 Å². The highest BCUT2D eigenvalue weighted by molar-refractivity contribution is 7.98. The van der Waals surface area contributed by atoms with Crippen LogP contribution in [0.2, 0.25) is 0 Å². The van der Waals surface area contributed by atoms with Gasteiger partial charge in [-0.3, -0.25) is 10.00 Å². The van der Waals surface area contributed by atoms with Crippen LogP contribution in [0.1, 0.15) is 36.9 Å². The summed E-state index contributed by atoms with van der Waals surface area (Å²) in [6, 6.07) is 8.61. The largest absolute Gasteiger partial charge is 0.306 e. The van der Waals surface area contributed by atoms with E-state index >= 15 is 0 Å². The molecule has 1 saturated carbocycles. The number of aromatic nitrogens is 7. The second-order valence-electron chi connectivity index (χ2n) is 10.2. The zero-order valence-electron chi connectivity index (χ0n) is 19.8. The molecule has 0 radical (unpaired) electrons.